The number of nitrogens with one attached hydrogen (secondary N) is 1. The monoisotopic (exact) mass is 626 g/mol. The third-order valence-electron chi connectivity index (χ3n) is 6.18. The van der Waals surface area contributed by atoms with E-state index in [1.165, 1.54) is 18.2 Å². The fourth-order valence-corrected chi connectivity index (χ4v) is 4.62. The molecule has 0 aliphatic carbocycles. The molecule has 4 rings (SSSR count). The molecule has 14 heteroatoms. The predicted octanol–water partition coefficient (Wildman–Crippen LogP) is 4.98. The van der Waals surface area contributed by atoms with Crippen molar-refractivity contribution in [1.82, 2.24) is 5.32 Å². The van der Waals surface area contributed by atoms with Gasteiger partial charge in [-0.2, -0.15) is 0 Å². The molecule has 1 saturated heterocycles. The highest BCUT2D eigenvalue weighted by molar-refractivity contribution is 6.35. The lowest BCUT2D eigenvalue weighted by Gasteiger charge is -2.28. The van der Waals surface area contributed by atoms with Gasteiger partial charge in [0.05, 0.1) is 5.69 Å². The molecular weight excluding hydrogens is 604 g/mol. The van der Waals surface area contributed by atoms with E-state index in [0.29, 0.717) is 26.9 Å². The molecule has 0 radical (unpaired) electrons. The molecular formula is C28H23Cl2F3N2O7. The van der Waals surface area contributed by atoms with Crippen molar-refractivity contribution >= 4 is 46.7 Å². The molecule has 0 bridgehead atoms. The Hall–Kier alpha value is -3.84. The second-order valence-corrected chi connectivity index (χ2v) is 9.82. The Morgan fingerprint density at radius 1 is 0.952 bits per heavy atom. The molecule has 1 aliphatic rings. The van der Waals surface area contributed by atoms with Crippen molar-refractivity contribution in [1.29, 1.82) is 0 Å². The summed E-state index contributed by atoms with van der Waals surface area (Å²) in [6.07, 6.45) is -9.11. The van der Waals surface area contributed by atoms with E-state index in [-0.39, 0.29) is 13.0 Å². The molecule has 0 saturated carbocycles. The lowest BCUT2D eigenvalue weighted by atomic mass is 10.0. The molecule has 2 amide bonds. The van der Waals surface area contributed by atoms with Gasteiger partial charge in [0, 0.05) is 22.0 Å². The first-order chi connectivity index (χ1) is 20.0. The van der Waals surface area contributed by atoms with Crippen LogP contribution in [0.15, 0.2) is 72.8 Å². The number of rotatable bonds is 10. The number of halogens is 5. The van der Waals surface area contributed by atoms with Gasteiger partial charge in [-0.25, -0.2) is 9.69 Å². The van der Waals surface area contributed by atoms with Crippen LogP contribution in [0.4, 0.5) is 18.9 Å². The summed E-state index contributed by atoms with van der Waals surface area (Å²) in [4.78, 5) is 37.3. The molecule has 0 spiro atoms. The number of amides is 2. The number of ether oxygens (including phenoxy) is 3. The number of anilines is 1. The standard InChI is InChI=1S/C28H23Cl2F3N2O7/c29-20-7-4-8-21(30)19(20)14-40-18-11-9-16(10-12-18)13-22(27(38)39)34-25(36)23-24(42-15-41-23)26(37)35(28(31,32)33)17-5-2-1-3-6-17/h1-12,22-24H,13-15H2,(H,34,36)(H,38,39)/t22?,23-,24-/m1/s1. The van der Waals surface area contributed by atoms with Gasteiger partial charge >= 0.3 is 12.3 Å². The third-order valence-corrected chi connectivity index (χ3v) is 6.89. The summed E-state index contributed by atoms with van der Waals surface area (Å²) in [5, 5.41) is 12.8. The van der Waals surface area contributed by atoms with E-state index in [0.717, 1.165) is 12.1 Å². The first kappa shape index (κ1) is 31.1. The van der Waals surface area contributed by atoms with Gasteiger partial charge in [0.1, 0.15) is 25.2 Å². The average molecular weight is 627 g/mol. The van der Waals surface area contributed by atoms with Crippen LogP contribution in [-0.2, 0) is 36.9 Å². The highest BCUT2D eigenvalue weighted by atomic mass is 35.5. The largest absolute Gasteiger partial charge is 0.491 e. The van der Waals surface area contributed by atoms with E-state index in [9.17, 15) is 32.7 Å². The van der Waals surface area contributed by atoms with E-state index in [2.05, 4.69) is 5.32 Å². The number of carbonyl (C=O) groups excluding carboxylic acids is 2. The van der Waals surface area contributed by atoms with Crippen LogP contribution < -0.4 is 15.0 Å². The summed E-state index contributed by atoms with van der Waals surface area (Å²) in [5.41, 5.74) is 0.598. The maximum atomic E-state index is 13.8. The Balaban J connectivity index is 1.41. The lowest BCUT2D eigenvalue weighted by molar-refractivity contribution is -0.158. The van der Waals surface area contributed by atoms with Gasteiger partial charge in [-0.3, -0.25) is 9.59 Å². The zero-order valence-electron chi connectivity index (χ0n) is 21.5. The second-order valence-electron chi connectivity index (χ2n) is 9.01. The Morgan fingerprint density at radius 3 is 2.17 bits per heavy atom. The predicted molar refractivity (Wildman–Crippen MR) is 145 cm³/mol. The number of para-hydroxylation sites is 1. The highest BCUT2D eigenvalue weighted by Gasteiger charge is 2.50. The molecule has 9 nitrogen and oxygen atoms in total. The Morgan fingerprint density at radius 2 is 1.57 bits per heavy atom. The molecule has 1 fully saturated rings. The van der Waals surface area contributed by atoms with Crippen LogP contribution in [-0.4, -0.2) is 54.2 Å². The number of hydrogen-bond donors (Lipinski definition) is 2. The number of alkyl halides is 3. The second kappa shape index (κ2) is 13.4. The number of aliphatic carboxylic acids is 1. The minimum absolute atomic E-state index is 0.0883. The normalized spacial score (nSPS) is 17.4. The van der Waals surface area contributed by atoms with Crippen molar-refractivity contribution in [3.63, 3.8) is 0 Å². The van der Waals surface area contributed by atoms with Crippen LogP contribution in [0.2, 0.25) is 10.0 Å². The Labute approximate surface area is 247 Å². The van der Waals surface area contributed by atoms with Crippen LogP contribution in [0.3, 0.4) is 0 Å². The van der Waals surface area contributed by atoms with Crippen LogP contribution >= 0.6 is 23.2 Å². The smallest absolute Gasteiger partial charge is 0.489 e. The fraction of sp³-hybridized carbons (Fsp3) is 0.250. The number of hydrogen-bond acceptors (Lipinski definition) is 6. The van der Waals surface area contributed by atoms with Crippen molar-refractivity contribution in [3.05, 3.63) is 94.0 Å². The van der Waals surface area contributed by atoms with Crippen LogP contribution in [0.1, 0.15) is 11.1 Å². The van der Waals surface area contributed by atoms with Gasteiger partial charge in [0.15, 0.2) is 12.2 Å². The zero-order valence-corrected chi connectivity index (χ0v) is 23.0. The van der Waals surface area contributed by atoms with Gasteiger partial charge in [0.25, 0.3) is 11.8 Å². The topological polar surface area (TPSA) is 114 Å². The molecule has 42 heavy (non-hydrogen) atoms. The number of benzene rings is 3. The zero-order chi connectivity index (χ0) is 30.4. The van der Waals surface area contributed by atoms with Gasteiger partial charge in [-0.15, -0.1) is 13.2 Å². The maximum absolute atomic E-state index is 13.8. The summed E-state index contributed by atoms with van der Waals surface area (Å²) < 4.78 is 57.2. The van der Waals surface area contributed by atoms with Gasteiger partial charge in [-0.1, -0.05) is 59.6 Å². The molecule has 3 atom stereocenters. The minimum atomic E-state index is -5.13. The molecule has 3 aromatic rings. The fourth-order valence-electron chi connectivity index (χ4n) is 4.11. The molecule has 2 N–H and O–H groups in total. The Kier molecular flexibility index (Phi) is 9.94. The number of nitrogens with zero attached hydrogens (tertiary/aromatic N) is 1. The number of carboxylic acid groups (broad SMARTS) is 1. The van der Waals surface area contributed by atoms with E-state index in [1.807, 2.05) is 0 Å². The van der Waals surface area contributed by atoms with Gasteiger partial charge in [0.2, 0.25) is 0 Å². The Bertz CT molecular complexity index is 1410. The summed E-state index contributed by atoms with van der Waals surface area (Å²) in [7, 11) is 0. The van der Waals surface area contributed by atoms with Crippen molar-refractivity contribution in [2.45, 2.75) is 37.6 Å². The van der Waals surface area contributed by atoms with Crippen LogP contribution in [0.25, 0.3) is 0 Å². The molecule has 0 aromatic heterocycles. The lowest BCUT2D eigenvalue weighted by Crippen LogP contribution is -2.55. The molecule has 1 heterocycles. The minimum Gasteiger partial charge on any atom is -0.489 e. The van der Waals surface area contributed by atoms with Crippen molar-refractivity contribution in [3.8, 4) is 5.75 Å². The van der Waals surface area contributed by atoms with E-state index in [1.54, 1.807) is 42.5 Å². The summed E-state index contributed by atoms with van der Waals surface area (Å²) in [6, 6.07) is 16.1. The van der Waals surface area contributed by atoms with Crippen LogP contribution in [0, 0.1) is 0 Å². The van der Waals surface area contributed by atoms with Crippen LogP contribution in [0.5, 0.6) is 5.75 Å². The number of carbonyl (C=O) groups is 3. The van der Waals surface area contributed by atoms with Crippen molar-refractivity contribution in [2.24, 2.45) is 0 Å². The van der Waals surface area contributed by atoms with Gasteiger partial charge < -0.3 is 24.6 Å². The summed E-state index contributed by atoms with van der Waals surface area (Å²) in [6.45, 7) is -0.557. The van der Waals surface area contributed by atoms with E-state index >= 15 is 0 Å². The molecule has 3 aromatic carbocycles. The molecule has 222 valence electrons. The highest BCUT2D eigenvalue weighted by Crippen LogP contribution is 2.31. The SMILES string of the molecule is O=C(O)C(Cc1ccc(OCc2c(Cl)cccc2Cl)cc1)NC(=O)[C@@H]1OCO[C@H]1C(=O)N(c1ccccc1)C(F)(F)F. The quantitative estimate of drug-likeness (QED) is 0.305. The van der Waals surface area contributed by atoms with Gasteiger partial charge in [-0.05, 0) is 42.0 Å². The average Bonchev–Trinajstić information content (AvgIpc) is 3.43. The van der Waals surface area contributed by atoms with Crippen molar-refractivity contribution in [2.75, 3.05) is 11.7 Å². The van der Waals surface area contributed by atoms with E-state index in [4.69, 9.17) is 37.4 Å². The molecule has 1 unspecified atom stereocenters. The molecule has 1 aliphatic heterocycles. The van der Waals surface area contributed by atoms with Crippen molar-refractivity contribution < 1.29 is 46.9 Å². The summed E-state index contributed by atoms with van der Waals surface area (Å²) in [5.74, 6) is -3.69. The first-order valence-corrected chi connectivity index (χ1v) is 13.1. The maximum Gasteiger partial charge on any atom is 0.491 e. The first-order valence-electron chi connectivity index (χ1n) is 12.3. The number of carboxylic acids is 1. The van der Waals surface area contributed by atoms with E-state index < -0.39 is 59.7 Å². The summed E-state index contributed by atoms with van der Waals surface area (Å²) >= 11 is 12.3. The third kappa shape index (κ3) is 7.51.